The highest BCUT2D eigenvalue weighted by Gasteiger charge is 2.65. The number of hydrogen-bond donors (Lipinski definition) is 0. The predicted molar refractivity (Wildman–Crippen MR) is 191 cm³/mol. The lowest BCUT2D eigenvalue weighted by atomic mass is 10.5. The zero-order valence-corrected chi connectivity index (χ0v) is 34.9. The normalized spacial score (nSPS) is 28.4. The Hall–Kier alpha value is 0.548. The van der Waals surface area contributed by atoms with Gasteiger partial charge < -0.3 is 35.4 Å². The summed E-state index contributed by atoms with van der Waals surface area (Å²) in [6.45, 7) is 32.3. The van der Waals surface area contributed by atoms with Crippen molar-refractivity contribution in [1.29, 1.82) is 0 Å². The third kappa shape index (κ3) is 12.5. The van der Waals surface area contributed by atoms with Gasteiger partial charge in [0, 0.05) is 77.0 Å². The van der Waals surface area contributed by atoms with E-state index in [1.54, 1.807) is 0 Å². The molecule has 0 spiro atoms. The van der Waals surface area contributed by atoms with Gasteiger partial charge in [-0.2, -0.15) is 0 Å². The molecular weight excluding hydrogens is 625 g/mol. The maximum Gasteiger partial charge on any atom is 0.325 e. The van der Waals surface area contributed by atoms with Gasteiger partial charge in [-0.15, -0.1) is 0 Å². The molecule has 0 atom stereocenters. The van der Waals surface area contributed by atoms with E-state index < -0.39 is 34.2 Å². The van der Waals surface area contributed by atoms with Gasteiger partial charge in [0.15, 0.2) is 0 Å². The quantitative estimate of drug-likeness (QED) is 0.0731. The van der Waals surface area contributed by atoms with Crippen LogP contribution in [0.25, 0.3) is 0 Å². The third-order valence-electron chi connectivity index (χ3n) is 8.67. The van der Waals surface area contributed by atoms with E-state index in [-0.39, 0.29) is 22.2 Å². The standard InChI is InChI=1S/C32H72O8Si4/c1-13-17-33-21-25-41(29(5)6)37-42(30(7)8,26-22-34-18-14-2)39-44(32(11)12,28-24-36-20-16-4)40-43(38-41,31(9)10)27-23-35-19-15-3/h29-32H,13-28H2,1-12H3. The fraction of sp³-hybridized carbons (Fsp3) is 1.00. The predicted octanol–water partition coefficient (Wildman–Crippen LogP) is 9.18. The van der Waals surface area contributed by atoms with Crippen LogP contribution in [-0.2, 0) is 35.4 Å². The van der Waals surface area contributed by atoms with Gasteiger partial charge in [0.2, 0.25) is 0 Å². The summed E-state index contributed by atoms with van der Waals surface area (Å²) in [4.78, 5) is 0. The molecule has 1 heterocycles. The number of ether oxygens (including phenoxy) is 4. The highest BCUT2D eigenvalue weighted by Crippen LogP contribution is 2.49. The van der Waals surface area contributed by atoms with Crippen molar-refractivity contribution < 1.29 is 35.4 Å². The molecule has 0 amide bonds. The highest BCUT2D eigenvalue weighted by atomic mass is 28.5. The first-order valence-corrected chi connectivity index (χ1v) is 26.4. The molecule has 0 aliphatic carbocycles. The second-order valence-corrected chi connectivity index (χ2v) is 30.1. The van der Waals surface area contributed by atoms with E-state index in [0.717, 1.165) is 76.3 Å². The van der Waals surface area contributed by atoms with Crippen molar-refractivity contribution in [2.45, 2.75) is 155 Å². The molecule has 0 bridgehead atoms. The van der Waals surface area contributed by atoms with E-state index in [1.165, 1.54) is 0 Å². The molecule has 1 aliphatic rings. The van der Waals surface area contributed by atoms with Crippen molar-refractivity contribution in [3.63, 3.8) is 0 Å². The summed E-state index contributed by atoms with van der Waals surface area (Å²) in [6.07, 6.45) is 3.97. The Bertz CT molecular complexity index is 613. The van der Waals surface area contributed by atoms with Crippen molar-refractivity contribution >= 4 is 34.2 Å². The van der Waals surface area contributed by atoms with Crippen LogP contribution >= 0.6 is 0 Å². The van der Waals surface area contributed by atoms with Crippen LogP contribution in [0.3, 0.4) is 0 Å². The van der Waals surface area contributed by atoms with Gasteiger partial charge in [0.25, 0.3) is 0 Å². The molecule has 0 aromatic carbocycles. The van der Waals surface area contributed by atoms with Crippen LogP contribution in [0.5, 0.6) is 0 Å². The zero-order valence-electron chi connectivity index (χ0n) is 30.9. The van der Waals surface area contributed by atoms with E-state index in [0.29, 0.717) is 26.4 Å². The summed E-state index contributed by atoms with van der Waals surface area (Å²) in [5.41, 5.74) is 0.798. The number of rotatable bonds is 24. The van der Waals surface area contributed by atoms with Gasteiger partial charge in [-0.1, -0.05) is 83.1 Å². The van der Waals surface area contributed by atoms with Gasteiger partial charge >= 0.3 is 34.2 Å². The van der Waals surface area contributed by atoms with E-state index in [4.69, 9.17) is 35.4 Å². The van der Waals surface area contributed by atoms with Crippen LogP contribution in [0, 0.1) is 0 Å². The molecular formula is C32H72O8Si4. The monoisotopic (exact) mass is 696 g/mol. The molecule has 0 radical (unpaired) electrons. The minimum Gasteiger partial charge on any atom is -0.415 e. The Kier molecular flexibility index (Phi) is 20.8. The molecule has 1 fully saturated rings. The Balaban J connectivity index is 3.91. The van der Waals surface area contributed by atoms with Gasteiger partial charge in [0.1, 0.15) is 0 Å². The van der Waals surface area contributed by atoms with Crippen molar-refractivity contribution in [3.8, 4) is 0 Å². The molecule has 0 aromatic heterocycles. The molecule has 0 aromatic rings. The third-order valence-corrected chi connectivity index (χ3v) is 30.4. The first-order chi connectivity index (χ1) is 20.8. The van der Waals surface area contributed by atoms with Crippen LogP contribution in [0.15, 0.2) is 0 Å². The second kappa shape index (κ2) is 21.5. The maximum atomic E-state index is 7.80. The molecule has 12 heteroatoms. The summed E-state index contributed by atoms with van der Waals surface area (Å²) < 4.78 is 55.7. The number of hydrogen-bond acceptors (Lipinski definition) is 8. The van der Waals surface area contributed by atoms with Crippen molar-refractivity contribution in [2.24, 2.45) is 0 Å². The molecule has 1 rings (SSSR count). The van der Waals surface area contributed by atoms with Crippen LogP contribution in [0.1, 0.15) is 109 Å². The lowest BCUT2D eigenvalue weighted by molar-refractivity contribution is 0.115. The first kappa shape index (κ1) is 42.6. The Labute approximate surface area is 276 Å². The molecule has 0 N–H and O–H groups in total. The van der Waals surface area contributed by atoms with Crippen LogP contribution in [-0.4, -0.2) is 87.1 Å². The van der Waals surface area contributed by atoms with E-state index in [2.05, 4.69) is 83.1 Å². The largest absolute Gasteiger partial charge is 0.415 e. The SMILES string of the molecule is CCCOCC[Si]1(C(C)C)O[Si](CCOCCC)(C(C)C)O[Si](CCOCCC)(C(C)C)O[Si](CCOCCC)(C(C)C)O1. The molecule has 0 saturated carbocycles. The maximum absolute atomic E-state index is 7.80. The van der Waals surface area contributed by atoms with Gasteiger partial charge in [-0.3, -0.25) is 0 Å². The Morgan fingerprint density at radius 3 is 0.659 bits per heavy atom. The average Bonchev–Trinajstić information content (AvgIpc) is 2.96. The van der Waals surface area contributed by atoms with E-state index >= 15 is 0 Å². The smallest absolute Gasteiger partial charge is 0.325 e. The molecule has 1 saturated heterocycles. The van der Waals surface area contributed by atoms with Crippen molar-refractivity contribution in [3.05, 3.63) is 0 Å². The van der Waals surface area contributed by atoms with E-state index in [9.17, 15) is 0 Å². The molecule has 264 valence electrons. The summed E-state index contributed by atoms with van der Waals surface area (Å²) >= 11 is 0. The van der Waals surface area contributed by atoms with Crippen LogP contribution < -0.4 is 0 Å². The second-order valence-electron chi connectivity index (χ2n) is 13.7. The van der Waals surface area contributed by atoms with Gasteiger partial charge in [0.05, 0.1) is 0 Å². The molecule has 8 nitrogen and oxygen atoms in total. The zero-order chi connectivity index (χ0) is 33.3. The summed E-state index contributed by atoms with van der Waals surface area (Å²) in [6, 6.07) is 3.06. The Morgan fingerprint density at radius 1 is 0.341 bits per heavy atom. The van der Waals surface area contributed by atoms with Crippen LogP contribution in [0.4, 0.5) is 0 Å². The fourth-order valence-electron chi connectivity index (χ4n) is 5.60. The minimum absolute atomic E-state index is 0.199. The lowest BCUT2D eigenvalue weighted by Crippen LogP contribution is -2.73. The molecule has 0 unspecified atom stereocenters. The van der Waals surface area contributed by atoms with Gasteiger partial charge in [-0.05, 0) is 47.8 Å². The first-order valence-electron chi connectivity index (χ1n) is 18.0. The van der Waals surface area contributed by atoms with Gasteiger partial charge in [-0.25, -0.2) is 0 Å². The van der Waals surface area contributed by atoms with Crippen LogP contribution in [0.2, 0.25) is 46.3 Å². The van der Waals surface area contributed by atoms with Crippen molar-refractivity contribution in [1.82, 2.24) is 0 Å². The summed E-state index contributed by atoms with van der Waals surface area (Å²) in [7, 11) is -11.8. The lowest BCUT2D eigenvalue weighted by Gasteiger charge is -2.57. The summed E-state index contributed by atoms with van der Waals surface area (Å²) in [5.74, 6) is 0. The minimum atomic E-state index is -2.94. The average molecular weight is 697 g/mol. The van der Waals surface area contributed by atoms with E-state index in [1.807, 2.05) is 0 Å². The fourth-order valence-corrected chi connectivity index (χ4v) is 32.0. The Morgan fingerprint density at radius 2 is 0.523 bits per heavy atom. The summed E-state index contributed by atoms with van der Waals surface area (Å²) in [5, 5.41) is 0. The molecule has 1 aliphatic heterocycles. The highest BCUT2D eigenvalue weighted by molar-refractivity contribution is 6.96. The molecule has 44 heavy (non-hydrogen) atoms. The topological polar surface area (TPSA) is 73.8 Å². The van der Waals surface area contributed by atoms with Crippen molar-refractivity contribution in [2.75, 3.05) is 52.9 Å².